The predicted octanol–water partition coefficient (Wildman–Crippen LogP) is 5.31. The van der Waals surface area contributed by atoms with E-state index >= 15 is 0 Å². The summed E-state index contributed by atoms with van der Waals surface area (Å²) < 4.78 is 11.3. The number of ether oxygens (including phenoxy) is 2. The molecular weight excluding hydrogens is 414 g/mol. The van der Waals surface area contributed by atoms with E-state index in [-0.39, 0.29) is 5.91 Å². The van der Waals surface area contributed by atoms with Gasteiger partial charge in [-0.25, -0.2) is 4.98 Å². The third kappa shape index (κ3) is 4.39. The normalized spacial score (nSPS) is 12.0. The molecule has 0 atom stereocenters. The molecule has 0 unspecified atom stereocenters. The molecule has 3 aromatic carbocycles. The summed E-state index contributed by atoms with van der Waals surface area (Å²) in [6.45, 7) is 1.10. The number of nitriles is 1. The molecule has 1 aromatic heterocycles. The third-order valence-electron chi connectivity index (χ3n) is 5.28. The van der Waals surface area contributed by atoms with E-state index in [1.54, 1.807) is 24.3 Å². The highest BCUT2D eigenvalue weighted by Gasteiger charge is 2.13. The predicted molar refractivity (Wildman–Crippen MR) is 125 cm³/mol. The van der Waals surface area contributed by atoms with E-state index in [1.165, 1.54) is 0 Å². The van der Waals surface area contributed by atoms with E-state index < -0.39 is 0 Å². The lowest BCUT2D eigenvalue weighted by molar-refractivity contribution is 0.102. The van der Waals surface area contributed by atoms with Crippen molar-refractivity contribution >= 4 is 11.6 Å². The average Bonchev–Trinajstić information content (AvgIpc) is 2.89. The second-order valence-electron chi connectivity index (χ2n) is 7.49. The molecule has 0 bridgehead atoms. The van der Waals surface area contributed by atoms with Crippen LogP contribution in [0.5, 0.6) is 11.5 Å². The standard InChI is InChI=1S/C27H19N3O3/c28-17-18-3-1-4-21(15-18)27(31)29-22-10-7-19(8-11-22)23-5-2-6-24(30-23)20-9-12-25-26(16-20)33-14-13-32-25/h1-12,15-16H,13-14H2,(H,29,31). The van der Waals surface area contributed by atoms with Crippen molar-refractivity contribution in [2.75, 3.05) is 18.5 Å². The molecule has 2 heterocycles. The largest absolute Gasteiger partial charge is 0.486 e. The molecule has 4 aromatic rings. The molecule has 1 aliphatic heterocycles. The van der Waals surface area contributed by atoms with Gasteiger partial charge in [-0.2, -0.15) is 5.26 Å². The Morgan fingerprint density at radius 2 is 1.52 bits per heavy atom. The number of carbonyl (C=O) groups is 1. The molecule has 0 spiro atoms. The summed E-state index contributed by atoms with van der Waals surface area (Å²) in [4.78, 5) is 17.3. The van der Waals surface area contributed by atoms with Gasteiger partial charge in [-0.1, -0.05) is 24.3 Å². The summed E-state index contributed by atoms with van der Waals surface area (Å²) in [5.41, 5.74) is 5.08. The van der Waals surface area contributed by atoms with E-state index in [4.69, 9.17) is 19.7 Å². The number of hydrogen-bond donors (Lipinski definition) is 1. The van der Waals surface area contributed by atoms with Crippen LogP contribution in [0.15, 0.2) is 84.9 Å². The van der Waals surface area contributed by atoms with Crippen molar-refractivity contribution in [3.8, 4) is 40.1 Å². The number of pyridine rings is 1. The van der Waals surface area contributed by atoms with Crippen molar-refractivity contribution in [2.24, 2.45) is 0 Å². The number of benzene rings is 3. The molecule has 6 nitrogen and oxygen atoms in total. The lowest BCUT2D eigenvalue weighted by atomic mass is 10.1. The first kappa shape index (κ1) is 20.3. The maximum absolute atomic E-state index is 12.5. The smallest absolute Gasteiger partial charge is 0.255 e. The highest BCUT2D eigenvalue weighted by atomic mass is 16.6. The van der Waals surface area contributed by atoms with E-state index in [1.807, 2.05) is 66.7 Å². The summed E-state index contributed by atoms with van der Waals surface area (Å²) in [5.74, 6) is 1.21. The van der Waals surface area contributed by atoms with Crippen LogP contribution < -0.4 is 14.8 Å². The molecule has 0 fully saturated rings. The van der Waals surface area contributed by atoms with E-state index in [9.17, 15) is 4.79 Å². The Labute approximate surface area is 191 Å². The quantitative estimate of drug-likeness (QED) is 0.471. The van der Waals surface area contributed by atoms with Gasteiger partial charge < -0.3 is 14.8 Å². The minimum absolute atomic E-state index is 0.265. The van der Waals surface area contributed by atoms with Crippen LogP contribution in [0.1, 0.15) is 15.9 Å². The van der Waals surface area contributed by atoms with Crippen LogP contribution in [0.25, 0.3) is 22.5 Å². The summed E-state index contributed by atoms with van der Waals surface area (Å²) in [7, 11) is 0. The lowest BCUT2D eigenvalue weighted by Gasteiger charge is -2.18. The first-order chi connectivity index (χ1) is 16.2. The van der Waals surface area contributed by atoms with Crippen LogP contribution in [-0.4, -0.2) is 24.1 Å². The number of fused-ring (bicyclic) bond motifs is 1. The molecule has 5 rings (SSSR count). The Kier molecular flexibility index (Phi) is 5.44. The van der Waals surface area contributed by atoms with E-state index in [2.05, 4.69) is 5.32 Å². The number of amides is 1. The van der Waals surface area contributed by atoms with Gasteiger partial charge in [0.25, 0.3) is 5.91 Å². The Morgan fingerprint density at radius 1 is 0.818 bits per heavy atom. The number of aromatic nitrogens is 1. The Hall–Kier alpha value is -4.63. The Bertz CT molecular complexity index is 1370. The van der Waals surface area contributed by atoms with Crippen molar-refractivity contribution in [2.45, 2.75) is 0 Å². The number of rotatable bonds is 4. The lowest BCUT2D eigenvalue weighted by Crippen LogP contribution is -2.15. The molecule has 1 aliphatic rings. The topological polar surface area (TPSA) is 84.2 Å². The SMILES string of the molecule is N#Cc1cccc(C(=O)Nc2ccc(-c3cccc(-c4ccc5c(c4)OCCO5)n3)cc2)c1. The first-order valence-electron chi connectivity index (χ1n) is 10.5. The van der Waals surface area contributed by atoms with Crippen molar-refractivity contribution in [3.05, 3.63) is 96.1 Å². The summed E-state index contributed by atoms with van der Waals surface area (Å²) >= 11 is 0. The van der Waals surface area contributed by atoms with Gasteiger partial charge in [-0.15, -0.1) is 0 Å². The molecule has 1 N–H and O–H groups in total. The zero-order chi connectivity index (χ0) is 22.6. The molecule has 0 saturated carbocycles. The molecule has 0 radical (unpaired) electrons. The average molecular weight is 433 g/mol. The molecule has 1 amide bonds. The first-order valence-corrected chi connectivity index (χ1v) is 10.5. The number of nitrogens with zero attached hydrogens (tertiary/aromatic N) is 2. The van der Waals surface area contributed by atoms with Crippen LogP contribution in [0, 0.1) is 11.3 Å². The van der Waals surface area contributed by atoms with Crippen molar-refractivity contribution in [1.29, 1.82) is 5.26 Å². The maximum Gasteiger partial charge on any atom is 0.255 e. The fraction of sp³-hybridized carbons (Fsp3) is 0.0741. The second-order valence-corrected chi connectivity index (χ2v) is 7.49. The fourth-order valence-electron chi connectivity index (χ4n) is 3.62. The zero-order valence-electron chi connectivity index (χ0n) is 17.6. The van der Waals surface area contributed by atoms with Crippen LogP contribution >= 0.6 is 0 Å². The van der Waals surface area contributed by atoms with Crippen molar-refractivity contribution < 1.29 is 14.3 Å². The van der Waals surface area contributed by atoms with E-state index in [0.29, 0.717) is 30.0 Å². The van der Waals surface area contributed by atoms with Gasteiger partial charge in [0.2, 0.25) is 0 Å². The number of carbonyl (C=O) groups excluding carboxylic acids is 1. The third-order valence-corrected chi connectivity index (χ3v) is 5.28. The van der Waals surface area contributed by atoms with Gasteiger partial charge >= 0.3 is 0 Å². The highest BCUT2D eigenvalue weighted by Crippen LogP contribution is 2.34. The van der Waals surface area contributed by atoms with Gasteiger partial charge in [0.1, 0.15) is 13.2 Å². The van der Waals surface area contributed by atoms with Gasteiger partial charge in [-0.05, 0) is 60.7 Å². The minimum atomic E-state index is -0.265. The number of anilines is 1. The summed E-state index contributed by atoms with van der Waals surface area (Å²) in [6, 6.07) is 27.8. The molecule has 160 valence electrons. The monoisotopic (exact) mass is 433 g/mol. The number of hydrogen-bond acceptors (Lipinski definition) is 5. The summed E-state index contributed by atoms with van der Waals surface area (Å²) in [5, 5.41) is 11.9. The summed E-state index contributed by atoms with van der Waals surface area (Å²) in [6.07, 6.45) is 0. The second kappa shape index (κ2) is 8.85. The van der Waals surface area contributed by atoms with Gasteiger partial charge in [0.15, 0.2) is 11.5 Å². The molecular formula is C27H19N3O3. The van der Waals surface area contributed by atoms with Crippen LogP contribution in [0.3, 0.4) is 0 Å². The Balaban J connectivity index is 1.34. The van der Waals surface area contributed by atoms with Gasteiger partial charge in [-0.3, -0.25) is 4.79 Å². The Morgan fingerprint density at radius 3 is 2.30 bits per heavy atom. The maximum atomic E-state index is 12.5. The van der Waals surface area contributed by atoms with Gasteiger partial charge in [0.05, 0.1) is 23.0 Å². The van der Waals surface area contributed by atoms with Crippen LogP contribution in [0.4, 0.5) is 5.69 Å². The molecule has 6 heteroatoms. The van der Waals surface area contributed by atoms with E-state index in [0.717, 1.165) is 34.0 Å². The van der Waals surface area contributed by atoms with Crippen molar-refractivity contribution in [3.63, 3.8) is 0 Å². The molecule has 33 heavy (non-hydrogen) atoms. The minimum Gasteiger partial charge on any atom is -0.486 e. The van der Waals surface area contributed by atoms with Crippen LogP contribution in [0.2, 0.25) is 0 Å². The van der Waals surface area contributed by atoms with Crippen molar-refractivity contribution in [1.82, 2.24) is 4.98 Å². The highest BCUT2D eigenvalue weighted by molar-refractivity contribution is 6.04. The number of nitrogens with one attached hydrogen (secondary N) is 1. The van der Waals surface area contributed by atoms with Gasteiger partial charge in [0, 0.05) is 22.4 Å². The fourth-order valence-corrected chi connectivity index (χ4v) is 3.62. The molecule has 0 aliphatic carbocycles. The molecule has 0 saturated heterocycles. The zero-order valence-corrected chi connectivity index (χ0v) is 17.6. The van der Waals surface area contributed by atoms with Crippen LogP contribution in [-0.2, 0) is 0 Å².